The molecule has 0 saturated carbocycles. The smallest absolute Gasteiger partial charge is 0.292 e. The Morgan fingerprint density at radius 2 is 1.90 bits per heavy atom. The second-order valence-electron chi connectivity index (χ2n) is 11.8. The topological polar surface area (TPSA) is 156 Å². The van der Waals surface area contributed by atoms with E-state index in [4.69, 9.17) is 5.73 Å². The number of aromatic amines is 1. The van der Waals surface area contributed by atoms with Gasteiger partial charge in [0.1, 0.15) is 12.1 Å². The summed E-state index contributed by atoms with van der Waals surface area (Å²) in [5.41, 5.74) is 11.2. The Balaban J connectivity index is 1.40. The van der Waals surface area contributed by atoms with Gasteiger partial charge in [-0.1, -0.05) is 26.0 Å². The Morgan fingerprint density at radius 3 is 2.45 bits per heavy atom. The number of allylic oxidation sites excluding steroid dienone is 3. The van der Waals surface area contributed by atoms with E-state index < -0.39 is 6.10 Å². The molecule has 11 heteroatoms. The lowest BCUT2D eigenvalue weighted by molar-refractivity contribution is -0.113. The molecule has 3 unspecified atom stereocenters. The predicted octanol–water partition coefficient (Wildman–Crippen LogP) is 4.20. The molecule has 0 aromatic carbocycles. The number of Topliss-reactive ketones (excluding diaryl/α,β-unsaturated/α-hetero) is 1. The van der Waals surface area contributed by atoms with Crippen molar-refractivity contribution in [2.24, 2.45) is 17.6 Å². The fraction of sp³-hybridized carbons (Fsp3) is 0.484. The third-order valence-electron chi connectivity index (χ3n) is 8.61. The van der Waals surface area contributed by atoms with Crippen LogP contribution in [0.3, 0.4) is 0 Å². The van der Waals surface area contributed by atoms with Gasteiger partial charge >= 0.3 is 0 Å². The molecule has 42 heavy (non-hydrogen) atoms. The number of aromatic nitrogens is 6. The van der Waals surface area contributed by atoms with E-state index in [0.29, 0.717) is 23.6 Å². The first-order chi connectivity index (χ1) is 20.1. The zero-order chi connectivity index (χ0) is 30.1. The molecular formula is C31H40N8O3. The lowest BCUT2D eigenvalue weighted by atomic mass is 9.80. The van der Waals surface area contributed by atoms with E-state index in [2.05, 4.69) is 39.1 Å². The lowest BCUT2D eigenvalue weighted by Crippen LogP contribution is -2.47. The Labute approximate surface area is 245 Å². The van der Waals surface area contributed by atoms with Crippen LogP contribution in [0.1, 0.15) is 87.9 Å². The number of hydrogen-bond donors (Lipinski definition) is 3. The van der Waals surface area contributed by atoms with E-state index >= 15 is 0 Å². The van der Waals surface area contributed by atoms with Gasteiger partial charge in [0.05, 0.1) is 29.3 Å². The number of hydrogen-bond acceptors (Lipinski definition) is 8. The van der Waals surface area contributed by atoms with Crippen LogP contribution in [0.5, 0.6) is 0 Å². The number of carbonyl (C=O) groups excluding carboxylic acids is 2. The summed E-state index contributed by atoms with van der Waals surface area (Å²) in [6, 6.07) is 3.88. The zero-order valence-corrected chi connectivity index (χ0v) is 24.9. The predicted molar refractivity (Wildman–Crippen MR) is 159 cm³/mol. The lowest BCUT2D eigenvalue weighted by Gasteiger charge is -2.39. The molecule has 2 bridgehead atoms. The van der Waals surface area contributed by atoms with Crippen molar-refractivity contribution in [3.8, 4) is 11.1 Å². The van der Waals surface area contributed by atoms with E-state index in [1.165, 1.54) is 13.3 Å². The third kappa shape index (κ3) is 5.53. The van der Waals surface area contributed by atoms with Crippen LogP contribution < -0.4 is 5.73 Å². The SMILES string of the molecule is C/C=C(/C(C(C)=O)=C(/N)n1ncc(-c2ccc(C(O)CC(C)C)nc2)c1C)C1CC2CCC(C1)N2C(=O)c1nnc[nH]1. The van der Waals surface area contributed by atoms with Gasteiger partial charge in [0.15, 0.2) is 5.78 Å². The first kappa shape index (κ1) is 29.4. The fourth-order valence-electron chi connectivity index (χ4n) is 6.68. The number of nitrogens with two attached hydrogens (primary N) is 1. The summed E-state index contributed by atoms with van der Waals surface area (Å²) in [6.45, 7) is 9.51. The number of amides is 1. The highest BCUT2D eigenvalue weighted by Gasteiger charge is 2.45. The van der Waals surface area contributed by atoms with Crippen LogP contribution in [0.2, 0.25) is 0 Å². The molecule has 0 radical (unpaired) electrons. The molecule has 222 valence electrons. The standard InChI is InChI=1S/C31H40N8O3/c1-6-24(21-12-22-8-9-23(13-21)38(22)31(42)30-34-16-35-37-30)28(19(5)40)29(32)39-18(4)25(15-36-39)20-7-10-26(33-14-20)27(41)11-17(2)3/h6-7,10,14-17,21-23,27,41H,8-9,11-13,32H2,1-5H3,(H,34,35,37)/b24-6+,29-28-. The average Bonchev–Trinajstić information content (AvgIpc) is 3.69. The molecule has 1 amide bonds. The first-order valence-corrected chi connectivity index (χ1v) is 14.7. The summed E-state index contributed by atoms with van der Waals surface area (Å²) < 4.78 is 1.62. The van der Waals surface area contributed by atoms with Crippen LogP contribution in [-0.2, 0) is 4.79 Å². The Kier molecular flexibility index (Phi) is 8.40. The fourth-order valence-corrected chi connectivity index (χ4v) is 6.68. The van der Waals surface area contributed by atoms with Gasteiger partial charge in [-0.25, -0.2) is 4.68 Å². The minimum atomic E-state index is -0.610. The van der Waals surface area contributed by atoms with Gasteiger partial charge in [0, 0.05) is 29.4 Å². The minimum Gasteiger partial charge on any atom is -0.387 e. The van der Waals surface area contributed by atoms with Gasteiger partial charge in [0.2, 0.25) is 5.82 Å². The van der Waals surface area contributed by atoms with Crippen molar-refractivity contribution in [3.05, 3.63) is 65.3 Å². The van der Waals surface area contributed by atoms with E-state index in [0.717, 1.165) is 48.1 Å². The third-order valence-corrected chi connectivity index (χ3v) is 8.61. The monoisotopic (exact) mass is 572 g/mol. The maximum atomic E-state index is 13.1. The normalized spacial score (nSPS) is 21.9. The second kappa shape index (κ2) is 12.0. The van der Waals surface area contributed by atoms with Crippen molar-refractivity contribution in [1.82, 2.24) is 34.8 Å². The molecule has 2 aliphatic heterocycles. The number of H-pyrrole nitrogens is 1. The molecule has 3 aromatic heterocycles. The molecule has 2 fully saturated rings. The summed E-state index contributed by atoms with van der Waals surface area (Å²) in [5, 5.41) is 22.7. The van der Waals surface area contributed by atoms with Crippen LogP contribution in [0, 0.1) is 18.8 Å². The molecule has 5 rings (SSSR count). The van der Waals surface area contributed by atoms with E-state index in [9.17, 15) is 14.7 Å². The number of nitrogens with one attached hydrogen (secondary N) is 1. The molecule has 5 heterocycles. The van der Waals surface area contributed by atoms with Gasteiger partial charge in [-0.05, 0) is 76.4 Å². The van der Waals surface area contributed by atoms with Crippen LogP contribution in [-0.4, -0.2) is 63.7 Å². The summed E-state index contributed by atoms with van der Waals surface area (Å²) in [5.74, 6) is 0.719. The molecule has 3 aromatic rings. The quantitative estimate of drug-likeness (QED) is 0.254. The molecule has 2 aliphatic rings. The number of rotatable bonds is 9. The summed E-state index contributed by atoms with van der Waals surface area (Å²) >= 11 is 0. The van der Waals surface area contributed by atoms with Crippen molar-refractivity contribution >= 4 is 17.5 Å². The zero-order valence-electron chi connectivity index (χ0n) is 24.9. The van der Waals surface area contributed by atoms with Crippen molar-refractivity contribution < 1.29 is 14.7 Å². The molecular weight excluding hydrogens is 532 g/mol. The Bertz CT molecular complexity index is 1490. The number of piperidine rings is 1. The molecule has 11 nitrogen and oxygen atoms in total. The molecule has 2 saturated heterocycles. The Morgan fingerprint density at radius 1 is 1.19 bits per heavy atom. The van der Waals surface area contributed by atoms with E-state index in [-0.39, 0.29) is 41.3 Å². The van der Waals surface area contributed by atoms with Gasteiger partial charge < -0.3 is 20.7 Å². The highest BCUT2D eigenvalue weighted by atomic mass is 16.3. The molecule has 0 spiro atoms. The van der Waals surface area contributed by atoms with Crippen LogP contribution in [0.4, 0.5) is 0 Å². The Hall–Kier alpha value is -4.12. The van der Waals surface area contributed by atoms with Gasteiger partial charge in [-0.2, -0.15) is 5.10 Å². The minimum absolute atomic E-state index is 0.0586. The number of nitrogens with zero attached hydrogens (tertiary/aromatic N) is 6. The number of pyridine rings is 1. The summed E-state index contributed by atoms with van der Waals surface area (Å²) in [7, 11) is 0. The average molecular weight is 573 g/mol. The first-order valence-electron chi connectivity index (χ1n) is 14.7. The van der Waals surface area contributed by atoms with Gasteiger partial charge in [0.25, 0.3) is 5.91 Å². The van der Waals surface area contributed by atoms with Crippen molar-refractivity contribution in [2.75, 3.05) is 0 Å². The number of carbonyl (C=O) groups is 2. The van der Waals surface area contributed by atoms with Gasteiger partial charge in [-0.15, -0.1) is 10.2 Å². The number of fused-ring (bicyclic) bond motifs is 2. The summed E-state index contributed by atoms with van der Waals surface area (Å²) in [4.78, 5) is 35.5. The number of aliphatic hydroxyl groups excluding tert-OH is 1. The van der Waals surface area contributed by atoms with E-state index in [1.54, 1.807) is 17.1 Å². The van der Waals surface area contributed by atoms with Crippen molar-refractivity contribution in [1.29, 1.82) is 0 Å². The second-order valence-corrected chi connectivity index (χ2v) is 11.8. The number of aliphatic hydroxyl groups is 1. The molecule has 4 N–H and O–H groups in total. The molecule has 3 atom stereocenters. The van der Waals surface area contributed by atoms with Gasteiger partial charge in [-0.3, -0.25) is 14.6 Å². The maximum absolute atomic E-state index is 13.1. The van der Waals surface area contributed by atoms with Crippen LogP contribution >= 0.6 is 0 Å². The van der Waals surface area contributed by atoms with Crippen LogP contribution in [0.15, 0.2) is 48.1 Å². The highest BCUT2D eigenvalue weighted by molar-refractivity contribution is 6.02. The van der Waals surface area contributed by atoms with E-state index in [1.807, 2.05) is 37.0 Å². The highest BCUT2D eigenvalue weighted by Crippen LogP contribution is 2.44. The molecule has 0 aliphatic carbocycles. The van der Waals surface area contributed by atoms with Crippen molar-refractivity contribution in [3.63, 3.8) is 0 Å². The van der Waals surface area contributed by atoms with Crippen LogP contribution in [0.25, 0.3) is 16.9 Å². The number of ketones is 1. The van der Waals surface area contributed by atoms with Crippen molar-refractivity contribution in [2.45, 2.75) is 84.9 Å². The maximum Gasteiger partial charge on any atom is 0.292 e. The summed E-state index contributed by atoms with van der Waals surface area (Å²) in [6.07, 6.45) is 10.2. The largest absolute Gasteiger partial charge is 0.387 e.